The lowest BCUT2D eigenvalue weighted by molar-refractivity contribution is 0.330. The molecule has 1 aromatic carbocycles. The van der Waals surface area contributed by atoms with Crippen molar-refractivity contribution < 1.29 is 4.74 Å². The molecule has 0 radical (unpaired) electrons. The monoisotopic (exact) mass is 280 g/mol. The highest BCUT2D eigenvalue weighted by Gasteiger charge is 2.12. The van der Waals surface area contributed by atoms with E-state index in [1.54, 1.807) is 6.07 Å². The maximum atomic E-state index is 8.52. The summed E-state index contributed by atoms with van der Waals surface area (Å²) in [6.45, 7) is 2.16. The summed E-state index contributed by atoms with van der Waals surface area (Å²) in [5.74, 6) is 0.481. The minimum atomic E-state index is 0.280. The van der Waals surface area contributed by atoms with Gasteiger partial charge < -0.3 is 4.74 Å². The molecule has 0 spiro atoms. The van der Waals surface area contributed by atoms with Crippen molar-refractivity contribution in [2.75, 3.05) is 6.61 Å². The van der Waals surface area contributed by atoms with Gasteiger partial charge in [-0.25, -0.2) is 4.98 Å². The fourth-order valence-electron chi connectivity index (χ4n) is 1.63. The molecular formula is C13H10Cl2N2O. The zero-order valence-electron chi connectivity index (χ0n) is 9.70. The fourth-order valence-corrected chi connectivity index (χ4v) is 2.20. The lowest BCUT2D eigenvalue weighted by Crippen LogP contribution is -1.99. The van der Waals surface area contributed by atoms with Gasteiger partial charge in [-0.15, -0.1) is 0 Å². The minimum absolute atomic E-state index is 0.280. The summed E-state index contributed by atoms with van der Waals surface area (Å²) < 4.78 is 5.52. The van der Waals surface area contributed by atoms with Crippen molar-refractivity contribution in [3.05, 3.63) is 33.9 Å². The normalized spacial score (nSPS) is 10.3. The predicted octanol–water partition coefficient (Wildman–Crippen LogP) is 4.14. The lowest BCUT2D eigenvalue weighted by Gasteiger charge is -2.11. The van der Waals surface area contributed by atoms with Gasteiger partial charge in [-0.2, -0.15) is 5.26 Å². The van der Waals surface area contributed by atoms with Gasteiger partial charge in [0, 0.05) is 11.1 Å². The molecule has 2 aromatic rings. The summed E-state index contributed by atoms with van der Waals surface area (Å²) in [5.41, 5.74) is 1.48. The van der Waals surface area contributed by atoms with Gasteiger partial charge in [0.1, 0.15) is 12.1 Å². The van der Waals surface area contributed by atoms with Gasteiger partial charge in [0.25, 0.3) is 0 Å². The van der Waals surface area contributed by atoms with Crippen LogP contribution in [0.1, 0.15) is 12.1 Å². The van der Waals surface area contributed by atoms with Crippen LogP contribution in [0.4, 0.5) is 0 Å². The van der Waals surface area contributed by atoms with Crippen molar-refractivity contribution in [1.82, 2.24) is 4.98 Å². The molecule has 0 aliphatic carbocycles. The highest BCUT2D eigenvalue weighted by Crippen LogP contribution is 2.37. The Balaban J connectivity index is 2.56. The van der Waals surface area contributed by atoms with Gasteiger partial charge >= 0.3 is 0 Å². The molecule has 0 aliphatic heterocycles. The Labute approximate surface area is 115 Å². The Kier molecular flexibility index (Phi) is 3.90. The molecule has 92 valence electrons. The van der Waals surface area contributed by atoms with Gasteiger partial charge in [0.15, 0.2) is 5.75 Å². The predicted molar refractivity (Wildman–Crippen MR) is 72.2 cm³/mol. The number of hydrogen-bond donors (Lipinski definition) is 0. The Bertz CT molecular complexity index is 635. The van der Waals surface area contributed by atoms with Crippen LogP contribution in [0.2, 0.25) is 10.0 Å². The van der Waals surface area contributed by atoms with Crippen LogP contribution in [-0.4, -0.2) is 11.6 Å². The lowest BCUT2D eigenvalue weighted by atomic mass is 10.2. The number of halogens is 2. The number of hydrogen-bond acceptors (Lipinski definition) is 3. The number of aromatic nitrogens is 1. The molecule has 3 nitrogen and oxygen atoms in total. The molecule has 0 amide bonds. The van der Waals surface area contributed by atoms with Gasteiger partial charge in [0.2, 0.25) is 0 Å². The van der Waals surface area contributed by atoms with E-state index in [9.17, 15) is 0 Å². The van der Waals surface area contributed by atoms with E-state index in [-0.39, 0.29) is 6.61 Å². The first-order valence-corrected chi connectivity index (χ1v) is 6.14. The number of nitriles is 1. The molecular weight excluding hydrogens is 271 g/mol. The van der Waals surface area contributed by atoms with Crippen LogP contribution < -0.4 is 4.74 Å². The molecule has 0 fully saturated rings. The first kappa shape index (κ1) is 12.9. The van der Waals surface area contributed by atoms with Crippen molar-refractivity contribution in [3.8, 4) is 11.8 Å². The number of pyridine rings is 1. The van der Waals surface area contributed by atoms with Gasteiger partial charge in [0.05, 0.1) is 22.5 Å². The van der Waals surface area contributed by atoms with Crippen molar-refractivity contribution in [2.45, 2.75) is 13.3 Å². The third kappa shape index (κ3) is 2.50. The third-order valence-corrected chi connectivity index (χ3v) is 3.03. The standard InChI is InChI=1S/C13H10Cl2N2O/c1-8-3-4-9-10(14)7-11(15)13(12(9)17-8)18-6-2-5-16/h3-4,7H,2,6H2,1H3. The summed E-state index contributed by atoms with van der Waals surface area (Å²) in [6.07, 6.45) is 0.298. The Morgan fingerprint density at radius 2 is 2.11 bits per heavy atom. The van der Waals surface area contributed by atoms with E-state index in [4.69, 9.17) is 33.2 Å². The minimum Gasteiger partial charge on any atom is -0.489 e. The summed E-state index contributed by atoms with van der Waals surface area (Å²) in [7, 11) is 0. The zero-order chi connectivity index (χ0) is 13.1. The molecule has 0 aliphatic rings. The van der Waals surface area contributed by atoms with Crippen LogP contribution in [0.25, 0.3) is 10.9 Å². The Morgan fingerprint density at radius 1 is 1.33 bits per heavy atom. The molecule has 0 unspecified atom stereocenters. The molecule has 1 aromatic heterocycles. The maximum absolute atomic E-state index is 8.52. The van der Waals surface area contributed by atoms with E-state index in [1.807, 2.05) is 25.1 Å². The van der Waals surface area contributed by atoms with E-state index >= 15 is 0 Å². The summed E-state index contributed by atoms with van der Waals surface area (Å²) in [6, 6.07) is 7.40. The molecule has 2 rings (SSSR count). The van der Waals surface area contributed by atoms with E-state index in [0.29, 0.717) is 27.7 Å². The number of aryl methyl sites for hydroxylation is 1. The van der Waals surface area contributed by atoms with Crippen LogP contribution in [0.5, 0.6) is 5.75 Å². The number of benzene rings is 1. The molecule has 0 N–H and O–H groups in total. The average molecular weight is 281 g/mol. The highest BCUT2D eigenvalue weighted by atomic mass is 35.5. The maximum Gasteiger partial charge on any atom is 0.164 e. The van der Waals surface area contributed by atoms with Crippen LogP contribution in [0.3, 0.4) is 0 Å². The SMILES string of the molecule is Cc1ccc2c(Cl)cc(Cl)c(OCCC#N)c2n1. The molecule has 18 heavy (non-hydrogen) atoms. The zero-order valence-corrected chi connectivity index (χ0v) is 11.2. The quantitative estimate of drug-likeness (QED) is 0.794. The van der Waals surface area contributed by atoms with Crippen molar-refractivity contribution >= 4 is 34.1 Å². The summed E-state index contributed by atoms with van der Waals surface area (Å²) >= 11 is 12.2. The topological polar surface area (TPSA) is 45.9 Å². The van der Waals surface area contributed by atoms with Crippen molar-refractivity contribution in [3.63, 3.8) is 0 Å². The van der Waals surface area contributed by atoms with Crippen LogP contribution >= 0.6 is 23.2 Å². The molecule has 5 heteroatoms. The highest BCUT2D eigenvalue weighted by molar-refractivity contribution is 6.39. The molecule has 0 atom stereocenters. The Hall–Kier alpha value is -1.50. The number of nitrogens with zero attached hydrogens (tertiary/aromatic N) is 2. The molecule has 0 saturated carbocycles. The fraction of sp³-hybridized carbons (Fsp3) is 0.231. The second-order valence-corrected chi connectivity index (χ2v) is 4.59. The first-order valence-electron chi connectivity index (χ1n) is 5.38. The number of rotatable bonds is 3. The summed E-state index contributed by atoms with van der Waals surface area (Å²) in [4.78, 5) is 4.40. The molecule has 0 bridgehead atoms. The van der Waals surface area contributed by atoms with Crippen molar-refractivity contribution in [2.24, 2.45) is 0 Å². The van der Waals surface area contributed by atoms with Gasteiger partial charge in [-0.05, 0) is 25.1 Å². The molecule has 1 heterocycles. The molecule has 0 saturated heterocycles. The van der Waals surface area contributed by atoms with Crippen LogP contribution in [0, 0.1) is 18.3 Å². The van der Waals surface area contributed by atoms with Gasteiger partial charge in [-0.1, -0.05) is 23.2 Å². The second kappa shape index (κ2) is 5.43. The number of fused-ring (bicyclic) bond motifs is 1. The van der Waals surface area contributed by atoms with E-state index in [2.05, 4.69) is 4.98 Å². The van der Waals surface area contributed by atoms with E-state index < -0.39 is 0 Å². The average Bonchev–Trinajstić information content (AvgIpc) is 2.33. The smallest absolute Gasteiger partial charge is 0.164 e. The van der Waals surface area contributed by atoms with E-state index in [0.717, 1.165) is 11.1 Å². The largest absolute Gasteiger partial charge is 0.489 e. The summed E-state index contributed by atoms with van der Waals surface area (Å²) in [5, 5.41) is 10.2. The van der Waals surface area contributed by atoms with Crippen LogP contribution in [-0.2, 0) is 0 Å². The van der Waals surface area contributed by atoms with E-state index in [1.165, 1.54) is 0 Å². The number of ether oxygens (including phenoxy) is 1. The first-order chi connectivity index (χ1) is 8.63. The van der Waals surface area contributed by atoms with Gasteiger partial charge in [-0.3, -0.25) is 0 Å². The van der Waals surface area contributed by atoms with Crippen molar-refractivity contribution in [1.29, 1.82) is 5.26 Å². The van der Waals surface area contributed by atoms with Crippen LogP contribution in [0.15, 0.2) is 18.2 Å². The Morgan fingerprint density at radius 3 is 2.83 bits per heavy atom. The second-order valence-electron chi connectivity index (χ2n) is 3.77. The third-order valence-electron chi connectivity index (χ3n) is 2.44.